The van der Waals surface area contributed by atoms with Gasteiger partial charge in [-0.15, -0.1) is 0 Å². The van der Waals surface area contributed by atoms with Crippen molar-refractivity contribution in [1.29, 1.82) is 0 Å². The maximum absolute atomic E-state index is 6.10. The second-order valence-corrected chi connectivity index (χ2v) is 6.87. The number of halogens is 1. The highest BCUT2D eigenvalue weighted by molar-refractivity contribution is 6.30. The molecule has 4 rings (SSSR count). The minimum Gasteiger partial charge on any atom is -0.369 e. The molecule has 7 heteroatoms. The van der Waals surface area contributed by atoms with Gasteiger partial charge in [0.05, 0.1) is 6.20 Å². The number of aromatic nitrogens is 4. The van der Waals surface area contributed by atoms with E-state index in [4.69, 9.17) is 11.6 Å². The monoisotopic (exact) mass is 380 g/mol. The minimum atomic E-state index is 0.578. The van der Waals surface area contributed by atoms with Crippen molar-refractivity contribution in [3.05, 3.63) is 71.8 Å². The summed E-state index contributed by atoms with van der Waals surface area (Å²) in [4.78, 5) is 13.2. The lowest BCUT2D eigenvalue weighted by Crippen LogP contribution is -2.46. The Bertz CT molecular complexity index is 900. The molecule has 0 N–H and O–H groups in total. The number of benzene rings is 1. The van der Waals surface area contributed by atoms with Crippen LogP contribution in [0.15, 0.2) is 61.2 Å². The molecule has 2 aromatic heterocycles. The van der Waals surface area contributed by atoms with Crippen LogP contribution < -0.4 is 4.90 Å². The molecule has 3 heterocycles. The Morgan fingerprint density at radius 3 is 2.63 bits per heavy atom. The number of hydrogen-bond donors (Lipinski definition) is 0. The van der Waals surface area contributed by atoms with Gasteiger partial charge in [-0.25, -0.2) is 14.6 Å². The van der Waals surface area contributed by atoms with Gasteiger partial charge >= 0.3 is 0 Å². The molecule has 1 saturated heterocycles. The zero-order valence-electron chi connectivity index (χ0n) is 14.9. The Morgan fingerprint density at radius 2 is 1.85 bits per heavy atom. The highest BCUT2D eigenvalue weighted by Crippen LogP contribution is 2.20. The Balaban J connectivity index is 1.28. The summed E-state index contributed by atoms with van der Waals surface area (Å²) in [6, 6.07) is 9.87. The van der Waals surface area contributed by atoms with E-state index in [1.165, 1.54) is 5.69 Å². The predicted molar refractivity (Wildman–Crippen MR) is 108 cm³/mol. The van der Waals surface area contributed by atoms with Gasteiger partial charge in [-0.2, -0.15) is 5.10 Å². The van der Waals surface area contributed by atoms with Gasteiger partial charge in [0.25, 0.3) is 0 Å². The molecule has 0 saturated carbocycles. The number of nitrogens with zero attached hydrogens (tertiary/aromatic N) is 6. The van der Waals surface area contributed by atoms with Crippen LogP contribution in [0.3, 0.4) is 0 Å². The van der Waals surface area contributed by atoms with Crippen LogP contribution in [0.1, 0.15) is 5.56 Å². The average Bonchev–Trinajstić information content (AvgIpc) is 3.18. The summed E-state index contributed by atoms with van der Waals surface area (Å²) in [5.74, 6) is 0.578. The second-order valence-electron chi connectivity index (χ2n) is 6.44. The van der Waals surface area contributed by atoms with E-state index in [0.717, 1.165) is 43.3 Å². The van der Waals surface area contributed by atoms with Crippen molar-refractivity contribution in [2.24, 2.45) is 0 Å². The summed E-state index contributed by atoms with van der Waals surface area (Å²) in [6.07, 6.45) is 11.5. The molecule has 6 nitrogen and oxygen atoms in total. The zero-order chi connectivity index (χ0) is 18.5. The summed E-state index contributed by atoms with van der Waals surface area (Å²) >= 11 is 6.10. The average molecular weight is 381 g/mol. The molecule has 1 aliphatic heterocycles. The van der Waals surface area contributed by atoms with E-state index in [1.54, 1.807) is 23.1 Å². The summed E-state index contributed by atoms with van der Waals surface area (Å²) < 4.78 is 1.68. The van der Waals surface area contributed by atoms with Gasteiger partial charge in [0.1, 0.15) is 0 Å². The highest BCUT2D eigenvalue weighted by atomic mass is 35.5. The van der Waals surface area contributed by atoms with Gasteiger partial charge in [-0.1, -0.05) is 29.8 Å². The lowest BCUT2D eigenvalue weighted by molar-refractivity contribution is 0.284. The fourth-order valence-electron chi connectivity index (χ4n) is 3.14. The first-order valence-corrected chi connectivity index (χ1v) is 9.37. The van der Waals surface area contributed by atoms with Crippen LogP contribution in [0.25, 0.3) is 12.0 Å². The summed E-state index contributed by atoms with van der Waals surface area (Å²) in [7, 11) is 0. The number of piperazine rings is 1. The molecule has 0 amide bonds. The minimum absolute atomic E-state index is 0.578. The number of hydrogen-bond acceptors (Lipinski definition) is 5. The van der Waals surface area contributed by atoms with Gasteiger partial charge in [-0.05, 0) is 24.3 Å². The maximum atomic E-state index is 6.10. The molecule has 27 heavy (non-hydrogen) atoms. The molecule has 1 aliphatic rings. The molecule has 0 aliphatic carbocycles. The SMILES string of the molecule is Clc1cccc(N2CCN(C/C=C/c3cnn(-c4ncccn4)c3)CC2)c1. The number of anilines is 1. The first kappa shape index (κ1) is 17.7. The number of rotatable bonds is 5. The standard InChI is InChI=1S/C20H21ClN6/c21-18-5-1-6-19(14-18)26-12-10-25(11-13-26)9-2-4-17-15-24-27(16-17)20-22-7-3-8-23-20/h1-8,14-16H,9-13H2/b4-2+. The molecule has 0 radical (unpaired) electrons. The van der Waals surface area contributed by atoms with Gasteiger partial charge < -0.3 is 4.90 Å². The first-order valence-electron chi connectivity index (χ1n) is 8.99. The van der Waals surface area contributed by atoms with E-state index in [2.05, 4.69) is 43.1 Å². The van der Waals surface area contributed by atoms with Crippen molar-refractivity contribution < 1.29 is 0 Å². The molecule has 1 aromatic carbocycles. The molecule has 1 fully saturated rings. The largest absolute Gasteiger partial charge is 0.369 e. The molecule has 3 aromatic rings. The van der Waals surface area contributed by atoms with Gasteiger partial charge in [0.15, 0.2) is 0 Å². The van der Waals surface area contributed by atoms with Crippen LogP contribution in [-0.2, 0) is 0 Å². The third kappa shape index (κ3) is 4.53. The summed E-state index contributed by atoms with van der Waals surface area (Å²) in [5, 5.41) is 5.10. The van der Waals surface area contributed by atoms with Crippen LogP contribution in [0.5, 0.6) is 0 Å². The molecule has 0 bridgehead atoms. The van der Waals surface area contributed by atoms with Crippen molar-refractivity contribution in [1.82, 2.24) is 24.6 Å². The normalized spacial score (nSPS) is 15.5. The third-order valence-corrected chi connectivity index (χ3v) is 4.81. The zero-order valence-corrected chi connectivity index (χ0v) is 15.7. The van der Waals surface area contributed by atoms with Crippen molar-refractivity contribution in [2.45, 2.75) is 0 Å². The fraction of sp³-hybridized carbons (Fsp3) is 0.250. The summed E-state index contributed by atoms with van der Waals surface area (Å²) in [6.45, 7) is 5.02. The lowest BCUT2D eigenvalue weighted by Gasteiger charge is -2.35. The van der Waals surface area contributed by atoms with Crippen LogP contribution in [-0.4, -0.2) is 57.4 Å². The van der Waals surface area contributed by atoms with Gasteiger partial charge in [-0.3, -0.25) is 4.90 Å². The van der Waals surface area contributed by atoms with E-state index in [9.17, 15) is 0 Å². The quantitative estimate of drug-likeness (QED) is 0.680. The molecular weight excluding hydrogens is 360 g/mol. The molecule has 138 valence electrons. The Kier molecular flexibility index (Phi) is 5.46. The molecule has 0 atom stereocenters. The Morgan fingerprint density at radius 1 is 1.04 bits per heavy atom. The topological polar surface area (TPSA) is 50.1 Å². The Hall–Kier alpha value is -2.70. The van der Waals surface area contributed by atoms with Crippen LogP contribution in [0, 0.1) is 0 Å². The van der Waals surface area contributed by atoms with E-state index in [-0.39, 0.29) is 0 Å². The molecule has 0 spiro atoms. The van der Waals surface area contributed by atoms with E-state index < -0.39 is 0 Å². The second kappa shape index (κ2) is 8.33. The predicted octanol–water partition coefficient (Wildman–Crippen LogP) is 3.15. The maximum Gasteiger partial charge on any atom is 0.250 e. The van der Waals surface area contributed by atoms with Gasteiger partial charge in [0, 0.05) is 67.6 Å². The fourth-order valence-corrected chi connectivity index (χ4v) is 3.33. The smallest absolute Gasteiger partial charge is 0.250 e. The molecular formula is C20H21ClN6. The van der Waals surface area contributed by atoms with E-state index in [1.807, 2.05) is 30.6 Å². The van der Waals surface area contributed by atoms with Crippen LogP contribution >= 0.6 is 11.6 Å². The third-order valence-electron chi connectivity index (χ3n) is 4.58. The van der Waals surface area contributed by atoms with Gasteiger partial charge in [0.2, 0.25) is 5.95 Å². The van der Waals surface area contributed by atoms with Crippen molar-refractivity contribution in [3.63, 3.8) is 0 Å². The highest BCUT2D eigenvalue weighted by Gasteiger charge is 2.16. The van der Waals surface area contributed by atoms with Crippen molar-refractivity contribution in [3.8, 4) is 5.95 Å². The van der Waals surface area contributed by atoms with Crippen molar-refractivity contribution in [2.75, 3.05) is 37.6 Å². The van der Waals surface area contributed by atoms with E-state index in [0.29, 0.717) is 5.95 Å². The van der Waals surface area contributed by atoms with Crippen LogP contribution in [0.2, 0.25) is 5.02 Å². The first-order chi connectivity index (χ1) is 13.3. The van der Waals surface area contributed by atoms with Crippen molar-refractivity contribution >= 4 is 23.4 Å². The Labute approximate surface area is 163 Å². The van der Waals surface area contributed by atoms with E-state index >= 15 is 0 Å². The summed E-state index contributed by atoms with van der Waals surface area (Å²) in [5.41, 5.74) is 2.24. The van der Waals surface area contributed by atoms with Crippen LogP contribution in [0.4, 0.5) is 5.69 Å². The molecule has 0 unspecified atom stereocenters. The lowest BCUT2D eigenvalue weighted by atomic mass is 10.2.